The van der Waals surface area contributed by atoms with E-state index in [2.05, 4.69) is 4.74 Å². The van der Waals surface area contributed by atoms with Crippen molar-refractivity contribution in [2.45, 2.75) is 13.3 Å². The highest BCUT2D eigenvalue weighted by Gasteiger charge is 2.08. The molecular formula is C13H13FO3. The van der Waals surface area contributed by atoms with Gasteiger partial charge in [0.05, 0.1) is 19.1 Å². The first kappa shape index (κ1) is 13.1. The standard InChI is InChI=1S/C13H13FO3/c1-9-6-7-12(14)11(8-15)10(9)4-3-5-13(16)17-2/h3-4,6-8H,5H2,1-2H3. The van der Waals surface area contributed by atoms with Crippen LogP contribution < -0.4 is 0 Å². The van der Waals surface area contributed by atoms with Gasteiger partial charge in [-0.1, -0.05) is 18.2 Å². The molecule has 0 spiro atoms. The summed E-state index contributed by atoms with van der Waals surface area (Å²) in [6.45, 7) is 1.77. The fourth-order valence-electron chi connectivity index (χ4n) is 1.42. The van der Waals surface area contributed by atoms with Crippen LogP contribution in [0.1, 0.15) is 27.9 Å². The number of halogens is 1. The van der Waals surface area contributed by atoms with E-state index in [-0.39, 0.29) is 18.0 Å². The van der Waals surface area contributed by atoms with Crippen molar-refractivity contribution in [2.24, 2.45) is 0 Å². The summed E-state index contributed by atoms with van der Waals surface area (Å²) in [4.78, 5) is 21.7. The van der Waals surface area contributed by atoms with Crippen molar-refractivity contribution in [3.05, 3.63) is 40.7 Å². The van der Waals surface area contributed by atoms with E-state index in [1.54, 1.807) is 25.1 Å². The lowest BCUT2D eigenvalue weighted by atomic mass is 10.0. The van der Waals surface area contributed by atoms with Gasteiger partial charge < -0.3 is 4.74 Å². The lowest BCUT2D eigenvalue weighted by Gasteiger charge is -2.04. The minimum Gasteiger partial charge on any atom is -0.469 e. The quantitative estimate of drug-likeness (QED) is 0.596. The Labute approximate surface area is 98.9 Å². The van der Waals surface area contributed by atoms with Crippen LogP contribution in [0, 0.1) is 12.7 Å². The van der Waals surface area contributed by atoms with Crippen LogP contribution in [0.4, 0.5) is 4.39 Å². The smallest absolute Gasteiger partial charge is 0.309 e. The second kappa shape index (κ2) is 5.94. The Bertz CT molecular complexity index is 464. The van der Waals surface area contributed by atoms with Gasteiger partial charge >= 0.3 is 5.97 Å². The molecule has 1 rings (SSSR count). The van der Waals surface area contributed by atoms with E-state index in [0.29, 0.717) is 11.8 Å². The zero-order chi connectivity index (χ0) is 12.8. The summed E-state index contributed by atoms with van der Waals surface area (Å²) >= 11 is 0. The van der Waals surface area contributed by atoms with Gasteiger partial charge in [-0.15, -0.1) is 0 Å². The summed E-state index contributed by atoms with van der Waals surface area (Å²) in [5.41, 5.74) is 1.27. The summed E-state index contributed by atoms with van der Waals surface area (Å²) < 4.78 is 17.8. The molecule has 0 atom stereocenters. The summed E-state index contributed by atoms with van der Waals surface area (Å²) in [6.07, 6.45) is 3.66. The highest BCUT2D eigenvalue weighted by Crippen LogP contribution is 2.18. The largest absolute Gasteiger partial charge is 0.469 e. The molecule has 0 aliphatic heterocycles. The summed E-state index contributed by atoms with van der Waals surface area (Å²) in [5.74, 6) is -0.953. The molecule has 0 fully saturated rings. The molecule has 90 valence electrons. The highest BCUT2D eigenvalue weighted by atomic mass is 19.1. The van der Waals surface area contributed by atoms with Crippen molar-refractivity contribution >= 4 is 18.3 Å². The molecule has 17 heavy (non-hydrogen) atoms. The van der Waals surface area contributed by atoms with Gasteiger partial charge in [-0.3, -0.25) is 9.59 Å². The summed E-state index contributed by atoms with van der Waals surface area (Å²) in [5, 5.41) is 0. The average molecular weight is 236 g/mol. The minimum absolute atomic E-state index is 0.00566. The van der Waals surface area contributed by atoms with Crippen LogP contribution in [0.25, 0.3) is 6.08 Å². The Balaban J connectivity index is 3.01. The third kappa shape index (κ3) is 3.24. The number of hydrogen-bond acceptors (Lipinski definition) is 3. The van der Waals surface area contributed by atoms with Crippen LogP contribution in [0.5, 0.6) is 0 Å². The zero-order valence-corrected chi connectivity index (χ0v) is 9.70. The molecule has 0 unspecified atom stereocenters. The predicted molar refractivity (Wildman–Crippen MR) is 62.2 cm³/mol. The normalized spacial score (nSPS) is 10.5. The highest BCUT2D eigenvalue weighted by molar-refractivity contribution is 5.84. The molecule has 1 aromatic rings. The van der Waals surface area contributed by atoms with Crippen LogP contribution >= 0.6 is 0 Å². The van der Waals surface area contributed by atoms with Crippen molar-refractivity contribution in [3.8, 4) is 0 Å². The number of carbonyl (C=O) groups excluding carboxylic acids is 2. The van der Waals surface area contributed by atoms with Gasteiger partial charge in [0, 0.05) is 0 Å². The maximum Gasteiger partial charge on any atom is 0.309 e. The van der Waals surface area contributed by atoms with E-state index in [4.69, 9.17) is 0 Å². The van der Waals surface area contributed by atoms with Gasteiger partial charge in [0.25, 0.3) is 0 Å². The SMILES string of the molecule is COC(=O)CC=Cc1c(C)ccc(F)c1C=O. The lowest BCUT2D eigenvalue weighted by Crippen LogP contribution is -1.98. The number of aryl methyl sites for hydroxylation is 1. The fraction of sp³-hybridized carbons (Fsp3) is 0.231. The van der Waals surface area contributed by atoms with Crippen molar-refractivity contribution in [2.75, 3.05) is 7.11 Å². The first-order valence-corrected chi connectivity index (χ1v) is 5.07. The lowest BCUT2D eigenvalue weighted by molar-refractivity contribution is -0.139. The topological polar surface area (TPSA) is 43.4 Å². The van der Waals surface area contributed by atoms with E-state index in [9.17, 15) is 14.0 Å². The number of rotatable bonds is 4. The van der Waals surface area contributed by atoms with E-state index < -0.39 is 5.82 Å². The third-order valence-corrected chi connectivity index (χ3v) is 2.37. The summed E-state index contributed by atoms with van der Waals surface area (Å²) in [6, 6.07) is 2.83. The minimum atomic E-state index is -0.566. The summed E-state index contributed by atoms with van der Waals surface area (Å²) in [7, 11) is 1.29. The second-order valence-corrected chi connectivity index (χ2v) is 3.49. The van der Waals surface area contributed by atoms with Crippen LogP contribution in [-0.4, -0.2) is 19.4 Å². The van der Waals surface area contributed by atoms with Gasteiger partial charge in [0.1, 0.15) is 5.82 Å². The molecular weight excluding hydrogens is 223 g/mol. The maximum absolute atomic E-state index is 13.3. The average Bonchev–Trinajstić information content (AvgIpc) is 2.33. The Kier molecular flexibility index (Phi) is 4.57. The number of methoxy groups -OCH3 is 1. The van der Waals surface area contributed by atoms with E-state index in [0.717, 1.165) is 5.56 Å². The number of esters is 1. The van der Waals surface area contributed by atoms with Crippen molar-refractivity contribution in [1.82, 2.24) is 0 Å². The van der Waals surface area contributed by atoms with Gasteiger partial charge in [-0.2, -0.15) is 0 Å². The zero-order valence-electron chi connectivity index (χ0n) is 9.70. The van der Waals surface area contributed by atoms with E-state index in [1.165, 1.54) is 13.2 Å². The first-order valence-electron chi connectivity index (χ1n) is 5.07. The molecule has 4 heteroatoms. The Morgan fingerprint density at radius 3 is 2.71 bits per heavy atom. The second-order valence-electron chi connectivity index (χ2n) is 3.49. The van der Waals surface area contributed by atoms with Gasteiger partial charge in [0.2, 0.25) is 0 Å². The molecule has 0 aliphatic carbocycles. The molecule has 1 aromatic carbocycles. The van der Waals surface area contributed by atoms with E-state index >= 15 is 0 Å². The molecule has 0 amide bonds. The van der Waals surface area contributed by atoms with Crippen molar-refractivity contribution < 1.29 is 18.7 Å². The molecule has 3 nitrogen and oxygen atoms in total. The monoisotopic (exact) mass is 236 g/mol. The Hall–Kier alpha value is -1.97. The molecule has 0 saturated carbocycles. The molecule has 0 radical (unpaired) electrons. The van der Waals surface area contributed by atoms with E-state index in [1.807, 2.05) is 0 Å². The van der Waals surface area contributed by atoms with Gasteiger partial charge in [0.15, 0.2) is 6.29 Å². The fourth-order valence-corrected chi connectivity index (χ4v) is 1.42. The molecule has 0 bridgehead atoms. The van der Waals surface area contributed by atoms with Crippen LogP contribution in [-0.2, 0) is 9.53 Å². The molecule has 0 aromatic heterocycles. The maximum atomic E-state index is 13.3. The van der Waals surface area contributed by atoms with Crippen LogP contribution in [0.15, 0.2) is 18.2 Å². The molecule has 0 N–H and O–H groups in total. The predicted octanol–water partition coefficient (Wildman–Crippen LogP) is 2.52. The molecule has 0 heterocycles. The Morgan fingerprint density at radius 1 is 1.41 bits per heavy atom. The number of ether oxygens (including phenoxy) is 1. The third-order valence-electron chi connectivity index (χ3n) is 2.37. The van der Waals surface area contributed by atoms with Gasteiger partial charge in [-0.25, -0.2) is 4.39 Å². The number of carbonyl (C=O) groups is 2. The number of hydrogen-bond donors (Lipinski definition) is 0. The van der Waals surface area contributed by atoms with Crippen molar-refractivity contribution in [3.63, 3.8) is 0 Å². The molecule has 0 aliphatic rings. The van der Waals surface area contributed by atoms with Gasteiger partial charge in [-0.05, 0) is 24.1 Å². The number of benzene rings is 1. The first-order chi connectivity index (χ1) is 8.10. The molecule has 0 saturated heterocycles. The van der Waals surface area contributed by atoms with Crippen molar-refractivity contribution in [1.29, 1.82) is 0 Å². The number of aldehydes is 1. The Morgan fingerprint density at radius 2 is 2.12 bits per heavy atom. The van der Waals surface area contributed by atoms with Crippen LogP contribution in [0.3, 0.4) is 0 Å². The van der Waals surface area contributed by atoms with Crippen LogP contribution in [0.2, 0.25) is 0 Å².